The number of nitrogens with two attached hydrogens (primary N) is 1. The van der Waals surface area contributed by atoms with Crippen LogP contribution in [-0.4, -0.2) is 30.8 Å². The van der Waals surface area contributed by atoms with Crippen molar-refractivity contribution in [1.82, 2.24) is 0 Å². The van der Waals surface area contributed by atoms with Gasteiger partial charge in [-0.2, -0.15) is 0 Å². The number of ether oxygens (including phenoxy) is 2. The van der Waals surface area contributed by atoms with Crippen molar-refractivity contribution in [3.8, 4) is 0 Å². The van der Waals surface area contributed by atoms with Crippen LogP contribution in [0.25, 0.3) is 0 Å². The van der Waals surface area contributed by atoms with Crippen LogP contribution in [0.4, 0.5) is 0 Å². The van der Waals surface area contributed by atoms with E-state index in [4.69, 9.17) is 15.2 Å². The van der Waals surface area contributed by atoms with Gasteiger partial charge < -0.3 is 15.2 Å². The molecular formula is C9H17NO3. The lowest BCUT2D eigenvalue weighted by Crippen LogP contribution is -2.53. The number of carbonyl (C=O) groups excluding carboxylic acids is 1. The molecule has 1 aliphatic heterocycles. The third-order valence-electron chi connectivity index (χ3n) is 2.13. The maximum atomic E-state index is 11.5. The molecule has 1 aliphatic rings. The molecule has 0 bridgehead atoms. The normalized spacial score (nSPS) is 21.5. The first-order valence-corrected chi connectivity index (χ1v) is 4.62. The van der Waals surface area contributed by atoms with Gasteiger partial charge in [-0.25, -0.2) is 0 Å². The lowest BCUT2D eigenvalue weighted by atomic mass is 9.91. The van der Waals surface area contributed by atoms with Gasteiger partial charge in [-0.05, 0) is 26.7 Å². The predicted molar refractivity (Wildman–Crippen MR) is 48.2 cm³/mol. The molecular weight excluding hydrogens is 170 g/mol. The third-order valence-corrected chi connectivity index (χ3v) is 2.13. The van der Waals surface area contributed by atoms with Crippen LogP contribution < -0.4 is 5.73 Å². The number of esters is 1. The number of carbonyl (C=O) groups is 1. The zero-order valence-corrected chi connectivity index (χ0v) is 8.21. The molecule has 1 saturated heterocycles. The van der Waals surface area contributed by atoms with E-state index in [-0.39, 0.29) is 12.1 Å². The molecule has 0 atom stereocenters. The van der Waals surface area contributed by atoms with Crippen LogP contribution in [0.2, 0.25) is 0 Å². The Morgan fingerprint density at radius 2 is 2.00 bits per heavy atom. The number of hydrogen-bond acceptors (Lipinski definition) is 4. The molecule has 0 radical (unpaired) electrons. The van der Waals surface area contributed by atoms with Crippen LogP contribution in [0.15, 0.2) is 0 Å². The van der Waals surface area contributed by atoms with Crippen molar-refractivity contribution in [2.75, 3.05) is 13.2 Å². The molecule has 4 heteroatoms. The maximum Gasteiger partial charge on any atom is 0.326 e. The van der Waals surface area contributed by atoms with E-state index in [9.17, 15) is 4.79 Å². The van der Waals surface area contributed by atoms with Gasteiger partial charge >= 0.3 is 5.97 Å². The van der Waals surface area contributed by atoms with Gasteiger partial charge in [0.25, 0.3) is 0 Å². The Balaban J connectivity index is 2.51. The Morgan fingerprint density at radius 3 is 2.46 bits per heavy atom. The molecule has 1 heterocycles. The highest BCUT2D eigenvalue weighted by Gasteiger charge is 2.37. The molecule has 1 rings (SSSR count). The van der Waals surface area contributed by atoms with Gasteiger partial charge in [0.2, 0.25) is 0 Å². The summed E-state index contributed by atoms with van der Waals surface area (Å²) in [5, 5.41) is 0. The third kappa shape index (κ3) is 2.67. The smallest absolute Gasteiger partial charge is 0.326 e. The first-order valence-electron chi connectivity index (χ1n) is 4.62. The fourth-order valence-corrected chi connectivity index (χ4v) is 1.27. The highest BCUT2D eigenvalue weighted by Crippen LogP contribution is 2.19. The summed E-state index contributed by atoms with van der Waals surface area (Å²) in [6.07, 6.45) is 1.01. The lowest BCUT2D eigenvalue weighted by molar-refractivity contribution is -0.157. The largest absolute Gasteiger partial charge is 0.462 e. The fraction of sp³-hybridized carbons (Fsp3) is 0.889. The molecule has 0 aromatic heterocycles. The summed E-state index contributed by atoms with van der Waals surface area (Å²) in [6.45, 7) is 4.73. The molecule has 0 aliphatic carbocycles. The average Bonchev–Trinajstić information content (AvgIpc) is 2.04. The van der Waals surface area contributed by atoms with E-state index in [1.807, 2.05) is 13.8 Å². The second-order valence-corrected chi connectivity index (χ2v) is 3.72. The standard InChI is InChI=1S/C9H17NO3/c1-7(2)13-8(11)9(10)3-5-12-6-4-9/h7H,3-6,10H2,1-2H3. The average molecular weight is 187 g/mol. The Hall–Kier alpha value is -0.610. The van der Waals surface area contributed by atoms with Crippen molar-refractivity contribution in [1.29, 1.82) is 0 Å². The van der Waals surface area contributed by atoms with E-state index in [1.165, 1.54) is 0 Å². The van der Waals surface area contributed by atoms with Crippen molar-refractivity contribution in [2.24, 2.45) is 5.73 Å². The molecule has 1 fully saturated rings. The maximum absolute atomic E-state index is 11.5. The molecule has 13 heavy (non-hydrogen) atoms. The highest BCUT2D eigenvalue weighted by molar-refractivity contribution is 5.80. The van der Waals surface area contributed by atoms with Gasteiger partial charge in [0.05, 0.1) is 6.10 Å². The Kier molecular flexibility index (Phi) is 3.27. The van der Waals surface area contributed by atoms with Crippen LogP contribution >= 0.6 is 0 Å². The summed E-state index contributed by atoms with van der Waals surface area (Å²) in [5.74, 6) is -0.300. The zero-order valence-electron chi connectivity index (χ0n) is 8.21. The minimum absolute atomic E-state index is 0.101. The summed E-state index contributed by atoms with van der Waals surface area (Å²) in [4.78, 5) is 11.5. The summed E-state index contributed by atoms with van der Waals surface area (Å²) in [6, 6.07) is 0. The number of hydrogen-bond donors (Lipinski definition) is 1. The van der Waals surface area contributed by atoms with Gasteiger partial charge in [-0.1, -0.05) is 0 Å². The molecule has 0 aromatic rings. The fourth-order valence-electron chi connectivity index (χ4n) is 1.27. The van der Waals surface area contributed by atoms with Gasteiger partial charge in [-0.15, -0.1) is 0 Å². The van der Waals surface area contributed by atoms with E-state index in [1.54, 1.807) is 0 Å². The van der Waals surface area contributed by atoms with Gasteiger partial charge in [0, 0.05) is 13.2 Å². The van der Waals surface area contributed by atoms with Crippen molar-refractivity contribution < 1.29 is 14.3 Å². The van der Waals surface area contributed by atoms with Gasteiger partial charge in [-0.3, -0.25) is 4.79 Å². The quantitative estimate of drug-likeness (QED) is 0.637. The predicted octanol–water partition coefficient (Wildman–Crippen LogP) is 0.446. The lowest BCUT2D eigenvalue weighted by Gasteiger charge is -2.31. The Morgan fingerprint density at radius 1 is 1.46 bits per heavy atom. The van der Waals surface area contributed by atoms with Crippen LogP contribution in [-0.2, 0) is 14.3 Å². The molecule has 76 valence electrons. The minimum Gasteiger partial charge on any atom is -0.462 e. The monoisotopic (exact) mass is 187 g/mol. The van der Waals surface area contributed by atoms with Crippen LogP contribution in [0.1, 0.15) is 26.7 Å². The minimum atomic E-state index is -0.817. The first kappa shape index (κ1) is 10.5. The van der Waals surface area contributed by atoms with Crippen molar-refractivity contribution in [3.05, 3.63) is 0 Å². The van der Waals surface area contributed by atoms with Gasteiger partial charge in [0.1, 0.15) is 5.54 Å². The topological polar surface area (TPSA) is 61.5 Å². The van der Waals surface area contributed by atoms with E-state index in [2.05, 4.69) is 0 Å². The molecule has 0 aromatic carbocycles. The van der Waals surface area contributed by atoms with Crippen LogP contribution in [0.3, 0.4) is 0 Å². The van der Waals surface area contributed by atoms with Crippen molar-refractivity contribution in [3.63, 3.8) is 0 Å². The van der Waals surface area contributed by atoms with Crippen LogP contribution in [0.5, 0.6) is 0 Å². The molecule has 0 amide bonds. The molecule has 0 spiro atoms. The number of rotatable bonds is 2. The second kappa shape index (κ2) is 4.07. The Labute approximate surface area is 78.4 Å². The van der Waals surface area contributed by atoms with Crippen molar-refractivity contribution in [2.45, 2.75) is 38.3 Å². The van der Waals surface area contributed by atoms with Gasteiger partial charge in [0.15, 0.2) is 0 Å². The van der Waals surface area contributed by atoms with E-state index < -0.39 is 5.54 Å². The Bertz CT molecular complexity index is 185. The summed E-state index contributed by atoms with van der Waals surface area (Å²) < 4.78 is 10.2. The SMILES string of the molecule is CC(C)OC(=O)C1(N)CCOCC1. The molecule has 2 N–H and O–H groups in total. The highest BCUT2D eigenvalue weighted by atomic mass is 16.5. The van der Waals surface area contributed by atoms with E-state index in [0.717, 1.165) is 0 Å². The molecule has 4 nitrogen and oxygen atoms in total. The van der Waals surface area contributed by atoms with E-state index >= 15 is 0 Å². The first-order chi connectivity index (χ1) is 6.04. The van der Waals surface area contributed by atoms with Crippen LogP contribution in [0, 0.1) is 0 Å². The summed E-state index contributed by atoms with van der Waals surface area (Å²) >= 11 is 0. The van der Waals surface area contributed by atoms with Crippen molar-refractivity contribution >= 4 is 5.97 Å². The summed E-state index contributed by atoms with van der Waals surface area (Å²) in [7, 11) is 0. The second-order valence-electron chi connectivity index (χ2n) is 3.72. The summed E-state index contributed by atoms with van der Waals surface area (Å²) in [5.41, 5.74) is 5.08. The molecule has 0 unspecified atom stereocenters. The zero-order chi connectivity index (χ0) is 9.90. The molecule has 0 saturated carbocycles. The van der Waals surface area contributed by atoms with E-state index in [0.29, 0.717) is 26.1 Å².